The summed E-state index contributed by atoms with van der Waals surface area (Å²) in [5, 5.41) is 46.7. The molecule has 0 saturated carbocycles. The van der Waals surface area contributed by atoms with E-state index in [4.69, 9.17) is 23.7 Å². The second kappa shape index (κ2) is 20.0. The predicted molar refractivity (Wildman–Crippen MR) is 196 cm³/mol. The predicted octanol–water partition coefficient (Wildman–Crippen LogP) is 3.54. The van der Waals surface area contributed by atoms with Gasteiger partial charge in [-0.15, -0.1) is 0 Å². The number of hydrogen-bond acceptors (Lipinski definition) is 15. The number of likely N-dealkylation sites (N-methyl/N-ethyl adjacent to an activating group) is 2. The van der Waals surface area contributed by atoms with Gasteiger partial charge in [-0.05, 0) is 80.9 Å². The molecule has 294 valence electrons. The number of aliphatic hydroxyl groups excluding tert-OH is 2. The van der Waals surface area contributed by atoms with E-state index in [2.05, 4.69) is 0 Å². The van der Waals surface area contributed by atoms with E-state index in [1.807, 2.05) is 51.7 Å². The Hall–Kier alpha value is -0.880. The lowest BCUT2D eigenvalue weighted by Crippen LogP contribution is -2.60. The number of hydrogen-bond donors (Lipinski definition) is 4. The summed E-state index contributed by atoms with van der Waals surface area (Å²) >= 11 is 0. The molecule has 50 heavy (non-hydrogen) atoms. The van der Waals surface area contributed by atoms with Crippen LogP contribution in [0.15, 0.2) is 0 Å². The summed E-state index contributed by atoms with van der Waals surface area (Å²) in [6.07, 6.45) is -7.07. The zero-order valence-electron chi connectivity index (χ0n) is 32.2. The van der Waals surface area contributed by atoms with Crippen LogP contribution in [-0.2, 0) is 28.5 Å². The molecule has 0 aromatic carbocycles. The van der Waals surface area contributed by atoms with Crippen LogP contribution in [0, 0.1) is 17.8 Å². The van der Waals surface area contributed by atoms with Crippen LogP contribution < -0.4 is 0 Å². The standard InChI is InChI=1S/C35H66N2O11S2/c1-13-26-35(9,43)29(39)24(7)37(12)19-20(3)18-34(8,42)30(22(5)27(38)23(6)31(40)46-26)48-32-28(25(36(10)11)17-21(4)45-32)47-33(41)44-15-16-50-49-14-2/h20-30,32,38-39,42-43H,13-19H2,1-12H3/t20-,21-,22+,23-,24-,25?,26-,27+,28-,29-,30-,32+,34-,35-/m1/s1. The molecule has 15 heteroatoms. The number of rotatable bonds is 10. The first kappa shape index (κ1) is 45.3. The Morgan fingerprint density at radius 2 is 1.72 bits per heavy atom. The highest BCUT2D eigenvalue weighted by Crippen LogP contribution is 2.37. The van der Waals surface area contributed by atoms with E-state index in [0.29, 0.717) is 18.7 Å². The zero-order chi connectivity index (χ0) is 38.1. The molecule has 13 nitrogen and oxygen atoms in total. The highest BCUT2D eigenvalue weighted by molar-refractivity contribution is 8.76. The molecule has 14 atom stereocenters. The minimum atomic E-state index is -1.78. The van der Waals surface area contributed by atoms with E-state index >= 15 is 0 Å². The van der Waals surface area contributed by atoms with Crippen LogP contribution in [0.25, 0.3) is 0 Å². The lowest BCUT2D eigenvalue weighted by molar-refractivity contribution is -0.300. The van der Waals surface area contributed by atoms with Crippen molar-refractivity contribution in [2.24, 2.45) is 17.8 Å². The van der Waals surface area contributed by atoms with Gasteiger partial charge in [-0.25, -0.2) is 4.79 Å². The fourth-order valence-electron chi connectivity index (χ4n) is 7.29. The quantitative estimate of drug-likeness (QED) is 0.145. The minimum Gasteiger partial charge on any atom is -0.459 e. The van der Waals surface area contributed by atoms with Crippen molar-refractivity contribution >= 4 is 33.7 Å². The lowest BCUT2D eigenvalue weighted by atomic mass is 9.78. The van der Waals surface area contributed by atoms with Gasteiger partial charge in [0, 0.05) is 30.0 Å². The van der Waals surface area contributed by atoms with E-state index in [1.54, 1.807) is 49.3 Å². The van der Waals surface area contributed by atoms with Crippen molar-refractivity contribution in [3.8, 4) is 0 Å². The molecule has 0 aromatic heterocycles. The smallest absolute Gasteiger partial charge is 0.459 e. The molecule has 2 aliphatic heterocycles. The van der Waals surface area contributed by atoms with Gasteiger partial charge >= 0.3 is 12.1 Å². The lowest BCUT2D eigenvalue weighted by Gasteiger charge is -2.47. The molecule has 2 saturated heterocycles. The average Bonchev–Trinajstić information content (AvgIpc) is 3.03. The van der Waals surface area contributed by atoms with E-state index < -0.39 is 78.0 Å². The van der Waals surface area contributed by atoms with Crippen LogP contribution in [0.3, 0.4) is 0 Å². The third-order valence-corrected chi connectivity index (χ3v) is 12.7. The molecule has 2 heterocycles. The number of nitrogens with zero attached hydrogens (tertiary/aromatic N) is 2. The van der Waals surface area contributed by atoms with Crippen molar-refractivity contribution in [1.82, 2.24) is 9.80 Å². The number of ether oxygens (including phenoxy) is 5. The number of cyclic esters (lactones) is 1. The molecule has 0 radical (unpaired) electrons. The van der Waals surface area contributed by atoms with Crippen LogP contribution in [0.2, 0.25) is 0 Å². The highest BCUT2D eigenvalue weighted by atomic mass is 33.1. The maximum absolute atomic E-state index is 13.5. The van der Waals surface area contributed by atoms with Gasteiger partial charge in [-0.2, -0.15) is 0 Å². The van der Waals surface area contributed by atoms with Crippen LogP contribution in [0.1, 0.15) is 81.6 Å². The van der Waals surface area contributed by atoms with Crippen molar-refractivity contribution < 1.29 is 53.7 Å². The van der Waals surface area contributed by atoms with E-state index in [1.165, 1.54) is 13.8 Å². The van der Waals surface area contributed by atoms with Crippen LogP contribution in [-0.4, -0.2) is 154 Å². The SMILES string of the molecule is CCSSCCOC(=O)O[C@@H]1C(N(C)C)C[C@@H](C)O[C@H]1O[C@@H]1[C@@H](C)[C@H](O)[C@@H](C)C(=O)O[C@H](CC)[C@@](C)(O)[C@H](O)[C@@H](C)N(C)C[C@H](C)C[C@@]1(C)O. The van der Waals surface area contributed by atoms with E-state index in [-0.39, 0.29) is 37.5 Å². The number of carbonyl (C=O) groups is 2. The molecule has 4 N–H and O–H groups in total. The summed E-state index contributed by atoms with van der Waals surface area (Å²) in [5.41, 5.74) is -3.36. The fourth-order valence-corrected chi connectivity index (χ4v) is 8.79. The summed E-state index contributed by atoms with van der Waals surface area (Å²) in [5.74, 6) is -1.33. The Bertz CT molecular complexity index is 1050. The van der Waals surface area contributed by atoms with Crippen LogP contribution in [0.4, 0.5) is 4.79 Å². The Morgan fingerprint density at radius 1 is 1.08 bits per heavy atom. The largest absolute Gasteiger partial charge is 0.508 e. The maximum Gasteiger partial charge on any atom is 0.508 e. The summed E-state index contributed by atoms with van der Waals surface area (Å²) < 4.78 is 30.0. The first-order chi connectivity index (χ1) is 23.2. The van der Waals surface area contributed by atoms with Crippen molar-refractivity contribution in [2.75, 3.05) is 45.8 Å². The third kappa shape index (κ3) is 12.1. The van der Waals surface area contributed by atoms with Gasteiger partial charge in [0.05, 0.1) is 35.9 Å². The molecule has 2 fully saturated rings. The normalized spacial score (nSPS) is 41.6. The molecule has 0 aromatic rings. The van der Waals surface area contributed by atoms with Gasteiger partial charge in [0.2, 0.25) is 0 Å². The summed E-state index contributed by atoms with van der Waals surface area (Å²) in [4.78, 5) is 30.3. The van der Waals surface area contributed by atoms with E-state index in [9.17, 15) is 30.0 Å². The van der Waals surface area contributed by atoms with Crippen molar-refractivity contribution in [1.29, 1.82) is 0 Å². The number of carbonyl (C=O) groups excluding carboxylic acids is 2. The first-order valence-electron chi connectivity index (χ1n) is 18.0. The average molecular weight is 755 g/mol. The van der Waals surface area contributed by atoms with Gasteiger partial charge < -0.3 is 53.9 Å². The van der Waals surface area contributed by atoms with Gasteiger partial charge in [-0.3, -0.25) is 4.79 Å². The van der Waals surface area contributed by atoms with Gasteiger partial charge in [-0.1, -0.05) is 49.3 Å². The summed E-state index contributed by atoms with van der Waals surface area (Å²) in [6, 6.07) is -0.854. The molecule has 2 aliphatic rings. The number of esters is 1. The van der Waals surface area contributed by atoms with Crippen molar-refractivity contribution in [3.05, 3.63) is 0 Å². The molecular weight excluding hydrogens is 689 g/mol. The Labute approximate surface area is 307 Å². The topological polar surface area (TPSA) is 168 Å². The summed E-state index contributed by atoms with van der Waals surface area (Å²) in [7, 11) is 8.84. The second-order valence-electron chi connectivity index (χ2n) is 15.0. The van der Waals surface area contributed by atoms with Crippen molar-refractivity contribution in [3.63, 3.8) is 0 Å². The second-order valence-corrected chi connectivity index (χ2v) is 17.9. The summed E-state index contributed by atoms with van der Waals surface area (Å²) in [6.45, 7) is 16.3. The Morgan fingerprint density at radius 3 is 2.30 bits per heavy atom. The number of aliphatic hydroxyl groups is 4. The fraction of sp³-hybridized carbons (Fsp3) is 0.943. The van der Waals surface area contributed by atoms with Gasteiger partial charge in [0.1, 0.15) is 24.4 Å². The molecule has 0 amide bonds. The molecule has 1 unspecified atom stereocenters. The van der Waals surface area contributed by atoms with Gasteiger partial charge in [0.25, 0.3) is 0 Å². The molecule has 0 spiro atoms. The monoisotopic (exact) mass is 754 g/mol. The first-order valence-corrected chi connectivity index (χ1v) is 20.4. The molecule has 2 rings (SSSR count). The highest BCUT2D eigenvalue weighted by Gasteiger charge is 2.51. The Balaban J connectivity index is 2.53. The molecular formula is C35H66N2O11S2. The van der Waals surface area contributed by atoms with Gasteiger partial charge in [0.15, 0.2) is 12.4 Å². The molecule has 0 aliphatic carbocycles. The van der Waals surface area contributed by atoms with Crippen LogP contribution >= 0.6 is 21.6 Å². The Kier molecular flexibility index (Phi) is 18.1. The maximum atomic E-state index is 13.5. The van der Waals surface area contributed by atoms with Crippen LogP contribution in [0.5, 0.6) is 0 Å². The third-order valence-electron chi connectivity index (χ3n) is 10.3. The van der Waals surface area contributed by atoms with Crippen molar-refractivity contribution in [2.45, 2.75) is 148 Å². The van der Waals surface area contributed by atoms with E-state index in [0.717, 1.165) is 5.75 Å². The molecule has 0 bridgehead atoms. The zero-order valence-corrected chi connectivity index (χ0v) is 33.9. The minimum absolute atomic E-state index is 0.154.